The summed E-state index contributed by atoms with van der Waals surface area (Å²) in [5.74, 6) is 0. The molecule has 0 bridgehead atoms. The lowest BCUT2D eigenvalue weighted by atomic mass is 10.3. The molecule has 2 rings (SSSR count). The number of hydrogen-bond donors (Lipinski definition) is 0. The zero-order valence-corrected chi connectivity index (χ0v) is 6.91. The van der Waals surface area contributed by atoms with Crippen LogP contribution in [-0.2, 0) is 11.2 Å². The zero-order valence-electron chi connectivity index (χ0n) is 5.34. The smallest absolute Gasteiger partial charge is 0.0931 e. The van der Waals surface area contributed by atoms with E-state index in [0.717, 1.165) is 17.4 Å². The first-order valence-corrected chi connectivity index (χ1v) is 4.40. The molecule has 3 heteroatoms. The Balaban J connectivity index is 2.03. The van der Waals surface area contributed by atoms with E-state index in [1.807, 2.05) is 6.07 Å². The van der Waals surface area contributed by atoms with Gasteiger partial charge >= 0.3 is 0 Å². The van der Waals surface area contributed by atoms with E-state index in [0.29, 0.717) is 6.10 Å². The van der Waals surface area contributed by atoms with Crippen LogP contribution in [0, 0.1) is 0 Å². The number of thiophene rings is 1. The average Bonchev–Trinajstić information content (AvgIpc) is 2.59. The maximum absolute atomic E-state index is 5.74. The molecule has 0 spiro atoms. The van der Waals surface area contributed by atoms with Gasteiger partial charge in [0.1, 0.15) is 0 Å². The second kappa shape index (κ2) is 2.53. The first kappa shape index (κ1) is 6.65. The van der Waals surface area contributed by atoms with Gasteiger partial charge in [0, 0.05) is 11.3 Å². The van der Waals surface area contributed by atoms with Crippen LogP contribution in [0.25, 0.3) is 0 Å². The molecule has 1 aromatic heterocycles. The molecular formula is C7H7ClOS. The SMILES string of the molecule is Clc1ccc(CC2CO2)s1. The molecule has 1 aliphatic heterocycles. The van der Waals surface area contributed by atoms with E-state index >= 15 is 0 Å². The average molecular weight is 175 g/mol. The first-order valence-electron chi connectivity index (χ1n) is 3.20. The van der Waals surface area contributed by atoms with Crippen molar-refractivity contribution in [2.45, 2.75) is 12.5 Å². The maximum atomic E-state index is 5.74. The van der Waals surface area contributed by atoms with Crippen molar-refractivity contribution >= 4 is 22.9 Å². The molecule has 0 aromatic carbocycles. The van der Waals surface area contributed by atoms with E-state index in [1.54, 1.807) is 11.3 Å². The highest BCUT2D eigenvalue weighted by Gasteiger charge is 2.22. The molecule has 10 heavy (non-hydrogen) atoms. The summed E-state index contributed by atoms with van der Waals surface area (Å²) >= 11 is 7.38. The topological polar surface area (TPSA) is 12.5 Å². The van der Waals surface area contributed by atoms with Gasteiger partial charge in [-0.3, -0.25) is 0 Å². The molecule has 1 atom stereocenters. The fraction of sp³-hybridized carbons (Fsp3) is 0.429. The summed E-state index contributed by atoms with van der Waals surface area (Å²) in [4.78, 5) is 1.33. The molecule has 0 radical (unpaired) electrons. The van der Waals surface area contributed by atoms with Crippen LogP contribution < -0.4 is 0 Å². The number of halogens is 1. The van der Waals surface area contributed by atoms with Gasteiger partial charge in [0.15, 0.2) is 0 Å². The van der Waals surface area contributed by atoms with Crippen molar-refractivity contribution in [1.82, 2.24) is 0 Å². The predicted molar refractivity (Wildman–Crippen MR) is 42.8 cm³/mol. The van der Waals surface area contributed by atoms with Crippen molar-refractivity contribution in [2.75, 3.05) is 6.61 Å². The second-order valence-corrected chi connectivity index (χ2v) is 4.16. The quantitative estimate of drug-likeness (QED) is 0.628. The highest BCUT2D eigenvalue weighted by molar-refractivity contribution is 7.16. The lowest BCUT2D eigenvalue weighted by Crippen LogP contribution is -1.87. The number of epoxide rings is 1. The summed E-state index contributed by atoms with van der Waals surface area (Å²) < 4.78 is 5.96. The number of rotatable bonds is 2. The molecule has 0 amide bonds. The Kier molecular flexibility index (Phi) is 1.68. The summed E-state index contributed by atoms with van der Waals surface area (Å²) in [5, 5.41) is 0. The Morgan fingerprint density at radius 2 is 2.50 bits per heavy atom. The molecule has 1 unspecified atom stereocenters. The van der Waals surface area contributed by atoms with Crippen molar-refractivity contribution in [2.24, 2.45) is 0 Å². The van der Waals surface area contributed by atoms with Crippen molar-refractivity contribution in [3.05, 3.63) is 21.3 Å². The lowest BCUT2D eigenvalue weighted by Gasteiger charge is -1.86. The predicted octanol–water partition coefficient (Wildman–Crippen LogP) is 2.34. The van der Waals surface area contributed by atoms with Crippen molar-refractivity contribution in [1.29, 1.82) is 0 Å². The number of hydrogen-bond acceptors (Lipinski definition) is 2. The minimum Gasteiger partial charge on any atom is -0.373 e. The maximum Gasteiger partial charge on any atom is 0.0931 e. The Labute approximate surface area is 68.6 Å². The molecule has 54 valence electrons. The minimum atomic E-state index is 0.481. The van der Waals surface area contributed by atoms with Crippen molar-refractivity contribution < 1.29 is 4.74 Å². The summed E-state index contributed by atoms with van der Waals surface area (Å²) in [6.45, 7) is 0.926. The molecule has 1 nitrogen and oxygen atoms in total. The first-order chi connectivity index (χ1) is 4.84. The lowest BCUT2D eigenvalue weighted by molar-refractivity contribution is 0.408. The Hall–Kier alpha value is -0.0500. The fourth-order valence-corrected chi connectivity index (χ4v) is 2.02. The molecule has 0 N–H and O–H groups in total. The van der Waals surface area contributed by atoms with Crippen LogP contribution in [0.1, 0.15) is 4.88 Å². The van der Waals surface area contributed by atoms with E-state index < -0.39 is 0 Å². The van der Waals surface area contributed by atoms with E-state index in [1.165, 1.54) is 4.88 Å². The minimum absolute atomic E-state index is 0.481. The number of ether oxygens (including phenoxy) is 1. The van der Waals surface area contributed by atoms with E-state index in [9.17, 15) is 0 Å². The highest BCUT2D eigenvalue weighted by atomic mass is 35.5. The van der Waals surface area contributed by atoms with E-state index in [-0.39, 0.29) is 0 Å². The Morgan fingerprint density at radius 3 is 3.00 bits per heavy atom. The second-order valence-electron chi connectivity index (χ2n) is 2.37. The zero-order chi connectivity index (χ0) is 6.97. The molecule has 1 saturated heterocycles. The van der Waals surface area contributed by atoms with Gasteiger partial charge < -0.3 is 4.74 Å². The van der Waals surface area contributed by atoms with Gasteiger partial charge in [-0.15, -0.1) is 11.3 Å². The summed E-state index contributed by atoms with van der Waals surface area (Å²) in [6.07, 6.45) is 1.52. The normalized spacial score (nSPS) is 23.1. The van der Waals surface area contributed by atoms with Gasteiger partial charge in [-0.05, 0) is 12.1 Å². The molecule has 2 heterocycles. The van der Waals surface area contributed by atoms with Gasteiger partial charge in [0.25, 0.3) is 0 Å². The fourth-order valence-electron chi connectivity index (χ4n) is 0.872. The van der Waals surface area contributed by atoms with Gasteiger partial charge in [-0.25, -0.2) is 0 Å². The van der Waals surface area contributed by atoms with Gasteiger partial charge in [-0.2, -0.15) is 0 Å². The molecule has 1 aromatic rings. The van der Waals surface area contributed by atoms with Crippen molar-refractivity contribution in [3.63, 3.8) is 0 Å². The van der Waals surface area contributed by atoms with Crippen LogP contribution in [0.4, 0.5) is 0 Å². The Bertz CT molecular complexity index is 229. The molecule has 0 saturated carbocycles. The summed E-state index contributed by atoms with van der Waals surface area (Å²) in [6, 6.07) is 4.00. The van der Waals surface area contributed by atoms with Crippen LogP contribution in [0.3, 0.4) is 0 Å². The van der Waals surface area contributed by atoms with Crippen LogP contribution in [-0.4, -0.2) is 12.7 Å². The van der Waals surface area contributed by atoms with Crippen LogP contribution in [0.2, 0.25) is 4.34 Å². The van der Waals surface area contributed by atoms with Crippen LogP contribution in [0.5, 0.6) is 0 Å². The van der Waals surface area contributed by atoms with Gasteiger partial charge in [0.05, 0.1) is 17.0 Å². The Morgan fingerprint density at radius 1 is 1.70 bits per heavy atom. The third kappa shape index (κ3) is 1.51. The van der Waals surface area contributed by atoms with Gasteiger partial charge in [0.2, 0.25) is 0 Å². The molecule has 1 aliphatic rings. The highest BCUT2D eigenvalue weighted by Crippen LogP contribution is 2.25. The third-order valence-corrected chi connectivity index (χ3v) is 2.71. The standard InChI is InChI=1S/C7H7ClOS/c8-7-2-1-6(10-7)3-5-4-9-5/h1-2,5H,3-4H2. The van der Waals surface area contributed by atoms with E-state index in [2.05, 4.69) is 6.07 Å². The summed E-state index contributed by atoms with van der Waals surface area (Å²) in [7, 11) is 0. The molecule has 1 fully saturated rings. The van der Waals surface area contributed by atoms with Crippen LogP contribution >= 0.6 is 22.9 Å². The summed E-state index contributed by atoms with van der Waals surface area (Å²) in [5.41, 5.74) is 0. The third-order valence-electron chi connectivity index (χ3n) is 1.46. The molecule has 0 aliphatic carbocycles. The van der Waals surface area contributed by atoms with Gasteiger partial charge in [-0.1, -0.05) is 11.6 Å². The van der Waals surface area contributed by atoms with E-state index in [4.69, 9.17) is 16.3 Å². The monoisotopic (exact) mass is 174 g/mol. The molecular weight excluding hydrogens is 168 g/mol. The largest absolute Gasteiger partial charge is 0.373 e. The van der Waals surface area contributed by atoms with Crippen LogP contribution in [0.15, 0.2) is 12.1 Å². The van der Waals surface area contributed by atoms with Crippen molar-refractivity contribution in [3.8, 4) is 0 Å².